The van der Waals surface area contributed by atoms with E-state index in [2.05, 4.69) is 6.58 Å². The van der Waals surface area contributed by atoms with E-state index in [0.29, 0.717) is 0 Å². The molecule has 2 nitrogen and oxygen atoms in total. The molecule has 0 saturated carbocycles. The first kappa shape index (κ1) is 22.6. The highest BCUT2D eigenvalue weighted by Gasteiger charge is 2.38. The number of hydrogen-bond donors (Lipinski definition) is 0. The Hall–Kier alpha value is -1.61. The molecule has 0 spiro atoms. The number of rotatable bonds is 0. The molecule has 1 amide bonds. The molecule has 0 aliphatic carbocycles. The maximum absolute atomic E-state index is 11.0. The highest BCUT2D eigenvalue weighted by atomic mass is 19.4. The molecule has 0 heterocycles. The summed E-state index contributed by atoms with van der Waals surface area (Å²) in [6, 6.07) is 0. The molecule has 0 radical (unpaired) electrons. The van der Waals surface area contributed by atoms with Crippen molar-refractivity contribution in [2.24, 2.45) is 0 Å². The number of alkyl halides is 3. The van der Waals surface area contributed by atoms with Crippen LogP contribution in [0.15, 0.2) is 24.6 Å². The molecule has 0 aromatic carbocycles. The van der Waals surface area contributed by atoms with Crippen LogP contribution in [0.3, 0.4) is 0 Å². The lowest BCUT2D eigenvalue weighted by molar-refractivity contribution is -0.126. The number of amides is 1. The maximum Gasteiger partial charge on any atom is 0.448 e. The molecular formula is C9H11F8NO. The Bertz CT molecular complexity index is 313. The average Bonchev–Trinajstić information content (AvgIpc) is 2.14. The number of carbonyl (C=O) groups excluding carboxylic acids is 1. The van der Waals surface area contributed by atoms with Crippen molar-refractivity contribution in [3.05, 3.63) is 24.6 Å². The minimum absolute atomic E-state index is 0.0926. The van der Waals surface area contributed by atoms with Gasteiger partial charge in [0.1, 0.15) is 0 Å². The summed E-state index contributed by atoms with van der Waals surface area (Å²) in [6.07, 6.45) is -10.7. The van der Waals surface area contributed by atoms with Crippen LogP contribution in [-0.4, -0.2) is 31.1 Å². The second-order valence-corrected chi connectivity index (χ2v) is 2.82. The van der Waals surface area contributed by atoms with Gasteiger partial charge in [-0.15, -0.1) is 0 Å². The van der Waals surface area contributed by atoms with Crippen molar-refractivity contribution in [2.75, 3.05) is 14.1 Å². The van der Waals surface area contributed by atoms with Gasteiger partial charge in [-0.3, -0.25) is 4.79 Å². The van der Waals surface area contributed by atoms with Crippen LogP contribution in [0.4, 0.5) is 35.1 Å². The zero-order valence-corrected chi connectivity index (χ0v) is 10.1. The SMILES string of the molecule is C=C(F)F.CC(=O)N(C)C.FC(F)=C(F)C(F)(F)F. The first-order valence-electron chi connectivity index (χ1n) is 4.19. The van der Waals surface area contributed by atoms with Crippen molar-refractivity contribution in [3.63, 3.8) is 0 Å². The fourth-order valence-corrected chi connectivity index (χ4v) is 0.107. The largest absolute Gasteiger partial charge is 0.448 e. The molecule has 0 aromatic heterocycles. The number of nitrogens with zero attached hydrogens (tertiary/aromatic N) is 1. The van der Waals surface area contributed by atoms with Gasteiger partial charge in [-0.25, -0.2) is 0 Å². The van der Waals surface area contributed by atoms with Gasteiger partial charge in [0.2, 0.25) is 5.91 Å². The van der Waals surface area contributed by atoms with Crippen molar-refractivity contribution < 1.29 is 39.9 Å². The van der Waals surface area contributed by atoms with E-state index in [0.717, 1.165) is 0 Å². The molecule has 19 heavy (non-hydrogen) atoms. The number of allylic oxidation sites excluding steroid dienone is 1. The van der Waals surface area contributed by atoms with Crippen LogP contribution in [-0.2, 0) is 4.79 Å². The summed E-state index contributed by atoms with van der Waals surface area (Å²) in [6.45, 7) is 3.75. The standard InChI is InChI=1S/C4H9NO.C3F6.C2H2F2/c1-4(6)5(2)3;4-1(2(5)6)3(7,8)9;1-2(3)4/h1-3H3;;1H2. The van der Waals surface area contributed by atoms with Crippen molar-refractivity contribution >= 4 is 5.91 Å². The molecule has 0 aliphatic rings. The summed E-state index contributed by atoms with van der Waals surface area (Å²) >= 11 is 0. The molecule has 0 bridgehead atoms. The van der Waals surface area contributed by atoms with Gasteiger partial charge < -0.3 is 4.90 Å². The van der Waals surface area contributed by atoms with Gasteiger partial charge >= 0.3 is 12.3 Å². The number of halogens is 8. The Morgan fingerprint density at radius 3 is 1.21 bits per heavy atom. The monoisotopic (exact) mass is 301 g/mol. The topological polar surface area (TPSA) is 20.3 Å². The summed E-state index contributed by atoms with van der Waals surface area (Å²) in [7, 11) is 3.45. The van der Waals surface area contributed by atoms with Crippen molar-refractivity contribution in [1.82, 2.24) is 4.90 Å². The molecular weight excluding hydrogens is 290 g/mol. The fraction of sp³-hybridized carbons (Fsp3) is 0.444. The quantitative estimate of drug-likeness (QED) is 0.616. The van der Waals surface area contributed by atoms with Gasteiger partial charge in [0.15, 0.2) is 0 Å². The van der Waals surface area contributed by atoms with Crippen molar-refractivity contribution in [2.45, 2.75) is 13.1 Å². The first-order chi connectivity index (χ1) is 8.23. The zero-order valence-electron chi connectivity index (χ0n) is 10.1. The van der Waals surface area contributed by atoms with Crippen molar-refractivity contribution in [3.8, 4) is 0 Å². The Kier molecular flexibility index (Phi) is 12.3. The van der Waals surface area contributed by atoms with Crippen LogP contribution < -0.4 is 0 Å². The maximum atomic E-state index is 11.0. The molecule has 0 fully saturated rings. The van der Waals surface area contributed by atoms with E-state index >= 15 is 0 Å². The van der Waals surface area contributed by atoms with Gasteiger partial charge in [0.05, 0.1) is 0 Å². The van der Waals surface area contributed by atoms with E-state index in [4.69, 9.17) is 0 Å². The lowest BCUT2D eigenvalue weighted by atomic mass is 10.6. The van der Waals surface area contributed by atoms with Crippen LogP contribution in [0.1, 0.15) is 6.92 Å². The normalized spacial score (nSPS) is 9.21. The molecule has 0 atom stereocenters. The third-order valence-electron chi connectivity index (χ3n) is 1.04. The summed E-state index contributed by atoms with van der Waals surface area (Å²) in [5.41, 5.74) is 0. The summed E-state index contributed by atoms with van der Waals surface area (Å²) < 4.78 is 85.1. The predicted molar refractivity (Wildman–Crippen MR) is 52.1 cm³/mol. The Labute approximate surface area is 104 Å². The summed E-state index contributed by atoms with van der Waals surface area (Å²) in [4.78, 5) is 11.6. The van der Waals surface area contributed by atoms with E-state index in [1.807, 2.05) is 0 Å². The summed E-state index contributed by atoms with van der Waals surface area (Å²) in [5, 5.41) is 0. The highest BCUT2D eigenvalue weighted by Crippen LogP contribution is 2.29. The molecule has 0 aromatic rings. The highest BCUT2D eigenvalue weighted by molar-refractivity contribution is 5.72. The van der Waals surface area contributed by atoms with E-state index in [-0.39, 0.29) is 5.91 Å². The molecule has 0 N–H and O–H groups in total. The fourth-order valence-electron chi connectivity index (χ4n) is 0.107. The second-order valence-electron chi connectivity index (χ2n) is 2.82. The van der Waals surface area contributed by atoms with Crippen LogP contribution in [0.2, 0.25) is 0 Å². The van der Waals surface area contributed by atoms with Gasteiger partial charge in [-0.2, -0.15) is 35.1 Å². The molecule has 0 aliphatic heterocycles. The number of carbonyl (C=O) groups is 1. The van der Waals surface area contributed by atoms with Gasteiger partial charge in [-0.1, -0.05) is 0 Å². The van der Waals surface area contributed by atoms with Crippen LogP contribution in [0.5, 0.6) is 0 Å². The molecule has 10 heteroatoms. The lowest BCUT2D eigenvalue weighted by Gasteiger charge is -2.02. The zero-order chi connectivity index (χ0) is 16.4. The Morgan fingerprint density at radius 2 is 1.21 bits per heavy atom. The van der Waals surface area contributed by atoms with Crippen LogP contribution in [0.25, 0.3) is 0 Å². The van der Waals surface area contributed by atoms with Gasteiger partial charge in [0, 0.05) is 21.0 Å². The third-order valence-corrected chi connectivity index (χ3v) is 1.04. The van der Waals surface area contributed by atoms with E-state index in [1.165, 1.54) is 11.8 Å². The van der Waals surface area contributed by atoms with Crippen LogP contribution in [0, 0.1) is 0 Å². The number of hydrogen-bond acceptors (Lipinski definition) is 1. The van der Waals surface area contributed by atoms with E-state index in [9.17, 15) is 39.9 Å². The Morgan fingerprint density at radius 1 is 1.00 bits per heavy atom. The molecule has 114 valence electrons. The molecule has 0 rings (SSSR count). The first-order valence-corrected chi connectivity index (χ1v) is 4.19. The minimum atomic E-state index is -5.56. The van der Waals surface area contributed by atoms with Crippen molar-refractivity contribution in [1.29, 1.82) is 0 Å². The van der Waals surface area contributed by atoms with Gasteiger partial charge in [0.25, 0.3) is 11.9 Å². The third kappa shape index (κ3) is 22.1. The van der Waals surface area contributed by atoms with E-state index in [1.54, 1.807) is 14.1 Å². The smallest absolute Gasteiger partial charge is 0.349 e. The molecule has 0 unspecified atom stereocenters. The average molecular weight is 301 g/mol. The Balaban J connectivity index is -0.000000222. The minimum Gasteiger partial charge on any atom is -0.349 e. The summed E-state index contributed by atoms with van der Waals surface area (Å²) in [5.74, 6) is -3.24. The lowest BCUT2D eigenvalue weighted by Crippen LogP contribution is -2.17. The predicted octanol–water partition coefficient (Wildman–Crippen LogP) is 4.12. The van der Waals surface area contributed by atoms with E-state index < -0.39 is 24.2 Å². The molecule has 0 saturated heterocycles. The van der Waals surface area contributed by atoms with Crippen LogP contribution >= 0.6 is 0 Å². The van der Waals surface area contributed by atoms with Gasteiger partial charge in [-0.05, 0) is 6.58 Å². The second kappa shape index (κ2) is 10.3.